The normalized spacial score (nSPS) is 9.00. The van der Waals surface area contributed by atoms with E-state index in [4.69, 9.17) is 0 Å². The van der Waals surface area contributed by atoms with Crippen molar-refractivity contribution in [2.24, 2.45) is 5.18 Å². The highest BCUT2D eigenvalue weighted by atomic mass is 16.3. The fourth-order valence-corrected chi connectivity index (χ4v) is 1.43. The predicted molar refractivity (Wildman–Crippen MR) is 73.1 cm³/mol. The number of ketones is 1. The lowest BCUT2D eigenvalue weighted by Gasteiger charge is -2.00. The maximum absolute atomic E-state index is 11.9. The SMILES string of the molecule is CC.O=Nc1ccc(C(=O)c2ccccc2)cc1. The predicted octanol–water partition coefficient (Wildman–Crippen LogP) is 4.34. The van der Waals surface area contributed by atoms with Gasteiger partial charge < -0.3 is 0 Å². The maximum atomic E-state index is 11.9. The minimum Gasteiger partial charge on any atom is -0.289 e. The molecule has 0 N–H and O–H groups in total. The lowest BCUT2D eigenvalue weighted by Crippen LogP contribution is -1.99. The Bertz CT molecular complexity index is 504. The Morgan fingerprint density at radius 1 is 0.833 bits per heavy atom. The number of nitrogens with zero attached hydrogens (tertiary/aromatic N) is 1. The molecule has 2 aromatic carbocycles. The second-order valence-corrected chi connectivity index (χ2v) is 3.33. The van der Waals surface area contributed by atoms with E-state index in [1.165, 1.54) is 12.1 Å². The highest BCUT2D eigenvalue weighted by Gasteiger charge is 2.07. The number of carbonyl (C=O) groups is 1. The Morgan fingerprint density at radius 3 is 1.83 bits per heavy atom. The first-order valence-electron chi connectivity index (χ1n) is 5.84. The second kappa shape index (κ2) is 7.12. The number of rotatable bonds is 3. The van der Waals surface area contributed by atoms with Crippen LogP contribution >= 0.6 is 0 Å². The number of nitroso groups, excluding NO2 is 1. The summed E-state index contributed by atoms with van der Waals surface area (Å²) < 4.78 is 0. The summed E-state index contributed by atoms with van der Waals surface area (Å²) in [6, 6.07) is 15.3. The lowest BCUT2D eigenvalue weighted by molar-refractivity contribution is 0.103. The molecular weight excluding hydrogens is 226 g/mol. The van der Waals surface area contributed by atoms with E-state index in [9.17, 15) is 9.70 Å². The van der Waals surface area contributed by atoms with Crippen LogP contribution in [0.25, 0.3) is 0 Å². The topological polar surface area (TPSA) is 46.5 Å². The van der Waals surface area contributed by atoms with Crippen molar-refractivity contribution < 1.29 is 4.79 Å². The van der Waals surface area contributed by atoms with Gasteiger partial charge in [-0.3, -0.25) is 4.79 Å². The maximum Gasteiger partial charge on any atom is 0.193 e. The van der Waals surface area contributed by atoms with Gasteiger partial charge in [-0.05, 0) is 29.4 Å². The van der Waals surface area contributed by atoms with Gasteiger partial charge in [-0.2, -0.15) is 0 Å². The molecule has 3 heteroatoms. The van der Waals surface area contributed by atoms with Crippen molar-refractivity contribution >= 4 is 11.5 Å². The molecular formula is C15H15NO2. The summed E-state index contributed by atoms with van der Waals surface area (Å²) in [6.07, 6.45) is 0. The zero-order valence-electron chi connectivity index (χ0n) is 10.5. The molecule has 0 spiro atoms. The number of hydrogen-bond donors (Lipinski definition) is 0. The standard InChI is InChI=1S/C13H9NO2.C2H6/c15-13(10-4-2-1-3-5-10)11-6-8-12(14-16)9-7-11;1-2/h1-9H;1-2H3. The average molecular weight is 241 g/mol. The van der Waals surface area contributed by atoms with E-state index in [0.29, 0.717) is 16.8 Å². The summed E-state index contributed by atoms with van der Waals surface area (Å²) >= 11 is 0. The van der Waals surface area contributed by atoms with Crippen LogP contribution in [-0.2, 0) is 0 Å². The lowest BCUT2D eigenvalue weighted by atomic mass is 10.0. The van der Waals surface area contributed by atoms with Crippen molar-refractivity contribution in [1.82, 2.24) is 0 Å². The van der Waals surface area contributed by atoms with Gasteiger partial charge in [0.15, 0.2) is 5.78 Å². The van der Waals surface area contributed by atoms with Crippen molar-refractivity contribution in [3.8, 4) is 0 Å². The summed E-state index contributed by atoms with van der Waals surface area (Å²) in [6.45, 7) is 4.00. The molecule has 0 aromatic heterocycles. The molecule has 0 radical (unpaired) electrons. The highest BCUT2D eigenvalue weighted by molar-refractivity contribution is 6.09. The molecule has 0 saturated carbocycles. The van der Waals surface area contributed by atoms with E-state index in [0.717, 1.165) is 0 Å². The smallest absolute Gasteiger partial charge is 0.193 e. The molecule has 92 valence electrons. The van der Waals surface area contributed by atoms with Gasteiger partial charge in [0, 0.05) is 11.1 Å². The Morgan fingerprint density at radius 2 is 1.33 bits per heavy atom. The van der Waals surface area contributed by atoms with Crippen molar-refractivity contribution in [2.75, 3.05) is 0 Å². The fraction of sp³-hybridized carbons (Fsp3) is 0.133. The van der Waals surface area contributed by atoms with E-state index in [-0.39, 0.29) is 5.78 Å². The molecule has 2 rings (SSSR count). The summed E-state index contributed by atoms with van der Waals surface area (Å²) in [5, 5.41) is 2.78. The number of hydrogen-bond acceptors (Lipinski definition) is 3. The molecule has 0 atom stereocenters. The third-order valence-corrected chi connectivity index (χ3v) is 2.27. The Labute approximate surface area is 106 Å². The Balaban J connectivity index is 0.000000771. The van der Waals surface area contributed by atoms with Crippen LogP contribution in [0.15, 0.2) is 59.8 Å². The quantitative estimate of drug-likeness (QED) is 0.592. The minimum absolute atomic E-state index is 0.0574. The summed E-state index contributed by atoms with van der Waals surface area (Å²) in [4.78, 5) is 22.2. The first kappa shape index (κ1) is 13.8. The zero-order chi connectivity index (χ0) is 13.4. The van der Waals surface area contributed by atoms with Crippen molar-refractivity contribution in [1.29, 1.82) is 0 Å². The average Bonchev–Trinajstić information content (AvgIpc) is 2.49. The van der Waals surface area contributed by atoms with Gasteiger partial charge in [0.1, 0.15) is 5.69 Å². The zero-order valence-corrected chi connectivity index (χ0v) is 10.5. The molecule has 0 fully saturated rings. The van der Waals surface area contributed by atoms with Crippen molar-refractivity contribution in [2.45, 2.75) is 13.8 Å². The van der Waals surface area contributed by atoms with Crippen LogP contribution in [0.5, 0.6) is 0 Å². The van der Waals surface area contributed by atoms with E-state index < -0.39 is 0 Å². The summed E-state index contributed by atoms with van der Waals surface area (Å²) in [5.74, 6) is -0.0574. The molecule has 0 bridgehead atoms. The molecule has 0 amide bonds. The minimum atomic E-state index is -0.0574. The molecule has 0 heterocycles. The van der Waals surface area contributed by atoms with Crippen LogP contribution < -0.4 is 0 Å². The molecule has 18 heavy (non-hydrogen) atoms. The van der Waals surface area contributed by atoms with Gasteiger partial charge in [-0.25, -0.2) is 0 Å². The number of carbonyl (C=O) groups excluding carboxylic acids is 1. The first-order valence-corrected chi connectivity index (χ1v) is 5.84. The van der Waals surface area contributed by atoms with Crippen LogP contribution in [0, 0.1) is 4.91 Å². The van der Waals surface area contributed by atoms with E-state index in [2.05, 4.69) is 5.18 Å². The second-order valence-electron chi connectivity index (χ2n) is 3.33. The van der Waals surface area contributed by atoms with Gasteiger partial charge in [-0.1, -0.05) is 44.2 Å². The van der Waals surface area contributed by atoms with E-state index >= 15 is 0 Å². The molecule has 0 saturated heterocycles. The van der Waals surface area contributed by atoms with E-state index in [1.54, 1.807) is 24.3 Å². The molecule has 0 aliphatic rings. The molecule has 0 unspecified atom stereocenters. The monoisotopic (exact) mass is 241 g/mol. The summed E-state index contributed by atoms with van der Waals surface area (Å²) in [5.41, 5.74) is 1.51. The van der Waals surface area contributed by atoms with Gasteiger partial charge in [0.05, 0.1) is 0 Å². The van der Waals surface area contributed by atoms with E-state index in [1.807, 2.05) is 32.0 Å². The Kier molecular flexibility index (Phi) is 5.45. The third-order valence-electron chi connectivity index (χ3n) is 2.27. The molecule has 3 nitrogen and oxygen atoms in total. The molecule has 2 aromatic rings. The van der Waals surface area contributed by atoms with Crippen LogP contribution in [0.3, 0.4) is 0 Å². The first-order chi connectivity index (χ1) is 8.81. The van der Waals surface area contributed by atoms with Crippen LogP contribution in [0.2, 0.25) is 0 Å². The highest BCUT2D eigenvalue weighted by Crippen LogP contribution is 2.15. The van der Waals surface area contributed by atoms with Gasteiger partial charge in [0.2, 0.25) is 0 Å². The van der Waals surface area contributed by atoms with Crippen LogP contribution in [0.4, 0.5) is 5.69 Å². The van der Waals surface area contributed by atoms with Crippen molar-refractivity contribution in [3.63, 3.8) is 0 Å². The van der Waals surface area contributed by atoms with Gasteiger partial charge in [-0.15, -0.1) is 4.91 Å². The number of benzene rings is 2. The largest absolute Gasteiger partial charge is 0.289 e. The molecule has 0 aliphatic carbocycles. The van der Waals surface area contributed by atoms with Crippen LogP contribution in [-0.4, -0.2) is 5.78 Å². The third kappa shape index (κ3) is 3.35. The van der Waals surface area contributed by atoms with Crippen LogP contribution in [0.1, 0.15) is 29.8 Å². The fourth-order valence-electron chi connectivity index (χ4n) is 1.43. The van der Waals surface area contributed by atoms with Gasteiger partial charge in [0.25, 0.3) is 0 Å². The summed E-state index contributed by atoms with van der Waals surface area (Å²) in [7, 11) is 0. The van der Waals surface area contributed by atoms with Gasteiger partial charge >= 0.3 is 0 Å². The molecule has 0 aliphatic heterocycles. The Hall–Kier alpha value is -2.29. The van der Waals surface area contributed by atoms with Crippen molar-refractivity contribution in [3.05, 3.63) is 70.6 Å².